The minimum atomic E-state index is -0.0971. The summed E-state index contributed by atoms with van der Waals surface area (Å²) < 4.78 is 13.0. The zero-order chi connectivity index (χ0) is 22.9. The summed E-state index contributed by atoms with van der Waals surface area (Å²) in [5, 5.41) is 2.61. The molecule has 0 radical (unpaired) electrons. The lowest BCUT2D eigenvalue weighted by Gasteiger charge is -2.25. The minimum absolute atomic E-state index is 0.00803. The summed E-state index contributed by atoms with van der Waals surface area (Å²) in [5.74, 6) is 0.507. The molecule has 0 bridgehead atoms. The number of aromatic nitrogens is 1. The fourth-order valence-electron chi connectivity index (χ4n) is 4.49. The van der Waals surface area contributed by atoms with Crippen LogP contribution in [0.3, 0.4) is 0 Å². The third kappa shape index (κ3) is 4.09. The summed E-state index contributed by atoms with van der Waals surface area (Å²) in [7, 11) is 0. The average molecular weight is 461 g/mol. The van der Waals surface area contributed by atoms with Crippen LogP contribution in [0, 0.1) is 13.8 Å². The van der Waals surface area contributed by atoms with E-state index in [0.29, 0.717) is 29.6 Å². The Bertz CT molecular complexity index is 1280. The number of fused-ring (bicyclic) bond motifs is 2. The summed E-state index contributed by atoms with van der Waals surface area (Å²) in [6.07, 6.45) is 1.97. The molecule has 170 valence electrons. The summed E-state index contributed by atoms with van der Waals surface area (Å²) in [6.45, 7) is 7.80. The van der Waals surface area contributed by atoms with Gasteiger partial charge in [0.25, 0.3) is 5.91 Å². The number of carbonyl (C=O) groups is 1. The standard InChI is InChI=1S/C27H28N2O3S/c1-4-31-22-14-13-19-8-5-6-10-21(19)23(22)26(30)29(16-20-9-7-15-32-20)27-28-24-17(2)11-12-18(3)25(24)33-27/h5-6,8,10-14,20H,4,7,9,15-16H2,1-3H3. The van der Waals surface area contributed by atoms with E-state index in [1.807, 2.05) is 48.2 Å². The fraction of sp³-hybridized carbons (Fsp3) is 0.333. The lowest BCUT2D eigenvalue weighted by atomic mass is 10.0. The van der Waals surface area contributed by atoms with Crippen LogP contribution in [0.25, 0.3) is 21.0 Å². The largest absolute Gasteiger partial charge is 0.493 e. The number of anilines is 1. The first-order valence-corrected chi connectivity index (χ1v) is 12.3. The average Bonchev–Trinajstić information content (AvgIpc) is 3.50. The molecule has 1 unspecified atom stereocenters. The molecule has 4 aromatic rings. The number of aryl methyl sites for hydroxylation is 2. The van der Waals surface area contributed by atoms with Crippen LogP contribution >= 0.6 is 11.3 Å². The molecule has 1 amide bonds. The molecule has 1 atom stereocenters. The van der Waals surface area contributed by atoms with E-state index in [2.05, 4.69) is 26.0 Å². The highest BCUT2D eigenvalue weighted by molar-refractivity contribution is 7.22. The molecule has 1 aliphatic rings. The molecule has 0 N–H and O–H groups in total. The summed E-state index contributed by atoms with van der Waals surface area (Å²) in [6, 6.07) is 16.1. The third-order valence-corrected chi connectivity index (χ3v) is 7.44. The lowest BCUT2D eigenvalue weighted by Crippen LogP contribution is -2.37. The van der Waals surface area contributed by atoms with E-state index in [1.54, 1.807) is 11.3 Å². The van der Waals surface area contributed by atoms with Gasteiger partial charge < -0.3 is 9.47 Å². The SMILES string of the molecule is CCOc1ccc2ccccc2c1C(=O)N(CC1CCCO1)c1nc2c(C)ccc(C)c2s1. The van der Waals surface area contributed by atoms with Crippen molar-refractivity contribution in [3.63, 3.8) is 0 Å². The van der Waals surface area contributed by atoms with Crippen LogP contribution in [0.2, 0.25) is 0 Å². The van der Waals surface area contributed by atoms with Crippen molar-refractivity contribution in [2.24, 2.45) is 0 Å². The van der Waals surface area contributed by atoms with Gasteiger partial charge in [-0.15, -0.1) is 0 Å². The van der Waals surface area contributed by atoms with Crippen molar-refractivity contribution in [3.8, 4) is 5.75 Å². The first-order chi connectivity index (χ1) is 16.1. The van der Waals surface area contributed by atoms with Crippen molar-refractivity contribution in [3.05, 3.63) is 65.2 Å². The molecule has 1 aromatic heterocycles. The molecule has 5 rings (SSSR count). The van der Waals surface area contributed by atoms with Crippen molar-refractivity contribution in [1.29, 1.82) is 0 Å². The molecule has 33 heavy (non-hydrogen) atoms. The molecule has 1 saturated heterocycles. The maximum absolute atomic E-state index is 14.2. The summed E-state index contributed by atoms with van der Waals surface area (Å²) in [5.41, 5.74) is 3.83. The van der Waals surface area contributed by atoms with Crippen molar-refractivity contribution in [2.75, 3.05) is 24.7 Å². The molecule has 0 aliphatic carbocycles. The Morgan fingerprint density at radius 3 is 2.73 bits per heavy atom. The molecular weight excluding hydrogens is 432 g/mol. The van der Waals surface area contributed by atoms with Crippen LogP contribution < -0.4 is 9.64 Å². The maximum atomic E-state index is 14.2. The van der Waals surface area contributed by atoms with Gasteiger partial charge in [0.1, 0.15) is 5.75 Å². The van der Waals surface area contributed by atoms with Crippen LogP contribution in [0.1, 0.15) is 41.3 Å². The van der Waals surface area contributed by atoms with E-state index in [0.717, 1.165) is 46.0 Å². The third-order valence-electron chi connectivity index (χ3n) is 6.22. The predicted molar refractivity (Wildman–Crippen MR) is 135 cm³/mol. The Hall–Kier alpha value is -2.96. The van der Waals surface area contributed by atoms with Gasteiger partial charge in [0.2, 0.25) is 0 Å². The van der Waals surface area contributed by atoms with Crippen LogP contribution in [-0.4, -0.2) is 36.8 Å². The van der Waals surface area contributed by atoms with Crippen molar-refractivity contribution < 1.29 is 14.3 Å². The molecular formula is C27H28N2O3S. The molecule has 5 nitrogen and oxygen atoms in total. The number of carbonyl (C=O) groups excluding carboxylic acids is 1. The Balaban J connectivity index is 1.66. The van der Waals surface area contributed by atoms with Gasteiger partial charge in [0.05, 0.1) is 35.0 Å². The molecule has 1 aliphatic heterocycles. The Kier molecular flexibility index (Phi) is 6.04. The zero-order valence-corrected chi connectivity index (χ0v) is 20.1. The van der Waals surface area contributed by atoms with E-state index in [-0.39, 0.29) is 12.0 Å². The van der Waals surface area contributed by atoms with Gasteiger partial charge in [0.15, 0.2) is 5.13 Å². The molecule has 1 fully saturated rings. The van der Waals surface area contributed by atoms with Crippen molar-refractivity contribution in [2.45, 2.75) is 39.7 Å². The number of hydrogen-bond donors (Lipinski definition) is 0. The van der Waals surface area contributed by atoms with Crippen LogP contribution in [-0.2, 0) is 4.74 Å². The molecule has 2 heterocycles. The quantitative estimate of drug-likeness (QED) is 0.339. The topological polar surface area (TPSA) is 51.7 Å². The molecule has 6 heteroatoms. The van der Waals surface area contributed by atoms with Crippen molar-refractivity contribution >= 4 is 43.4 Å². The van der Waals surface area contributed by atoms with Gasteiger partial charge in [-0.2, -0.15) is 0 Å². The van der Waals surface area contributed by atoms with Gasteiger partial charge in [0, 0.05) is 6.61 Å². The number of amides is 1. The summed E-state index contributed by atoms with van der Waals surface area (Å²) in [4.78, 5) is 21.0. The van der Waals surface area contributed by atoms with Gasteiger partial charge in [-0.3, -0.25) is 9.69 Å². The number of ether oxygens (including phenoxy) is 2. The van der Waals surface area contributed by atoms with Gasteiger partial charge >= 0.3 is 0 Å². The predicted octanol–water partition coefficient (Wildman–Crippen LogP) is 6.29. The van der Waals surface area contributed by atoms with Crippen LogP contribution in [0.5, 0.6) is 5.75 Å². The Labute approximate surface area is 198 Å². The fourth-order valence-corrected chi connectivity index (χ4v) is 5.61. The van der Waals surface area contributed by atoms with Crippen LogP contribution in [0.4, 0.5) is 5.13 Å². The van der Waals surface area contributed by atoms with E-state index in [1.165, 1.54) is 5.56 Å². The van der Waals surface area contributed by atoms with E-state index in [9.17, 15) is 4.79 Å². The number of benzene rings is 3. The smallest absolute Gasteiger partial charge is 0.264 e. The first-order valence-electron chi connectivity index (χ1n) is 11.5. The van der Waals surface area contributed by atoms with Gasteiger partial charge in [-0.25, -0.2) is 4.98 Å². The zero-order valence-electron chi connectivity index (χ0n) is 19.3. The first kappa shape index (κ1) is 21.9. The highest BCUT2D eigenvalue weighted by atomic mass is 32.1. The molecule has 3 aromatic carbocycles. The number of nitrogens with zero attached hydrogens (tertiary/aromatic N) is 2. The normalized spacial score (nSPS) is 15.9. The molecule has 0 spiro atoms. The van der Waals surface area contributed by atoms with Crippen LogP contribution in [0.15, 0.2) is 48.5 Å². The highest BCUT2D eigenvalue weighted by Crippen LogP contribution is 2.36. The maximum Gasteiger partial charge on any atom is 0.264 e. The Morgan fingerprint density at radius 1 is 1.15 bits per heavy atom. The number of thiazole rings is 1. The van der Waals surface area contributed by atoms with E-state index >= 15 is 0 Å². The second kappa shape index (κ2) is 9.12. The molecule has 0 saturated carbocycles. The highest BCUT2D eigenvalue weighted by Gasteiger charge is 2.30. The van der Waals surface area contributed by atoms with Gasteiger partial charge in [-0.1, -0.05) is 53.8 Å². The summed E-state index contributed by atoms with van der Waals surface area (Å²) >= 11 is 1.57. The van der Waals surface area contributed by atoms with E-state index in [4.69, 9.17) is 14.5 Å². The monoisotopic (exact) mass is 460 g/mol. The van der Waals surface area contributed by atoms with Crippen molar-refractivity contribution in [1.82, 2.24) is 4.98 Å². The van der Waals surface area contributed by atoms with E-state index < -0.39 is 0 Å². The second-order valence-electron chi connectivity index (χ2n) is 8.52. The number of hydrogen-bond acceptors (Lipinski definition) is 5. The lowest BCUT2D eigenvalue weighted by molar-refractivity contribution is 0.0916. The van der Waals surface area contributed by atoms with Gasteiger partial charge in [-0.05, 0) is 61.6 Å². The Morgan fingerprint density at radius 2 is 1.97 bits per heavy atom. The number of rotatable bonds is 6. The minimum Gasteiger partial charge on any atom is -0.493 e. The second-order valence-corrected chi connectivity index (χ2v) is 9.49.